The minimum Gasteiger partial charge on any atom is -0.508 e. The van der Waals surface area contributed by atoms with Crippen LogP contribution in [0.25, 0.3) is 0 Å². The Morgan fingerprint density at radius 3 is 2.64 bits per heavy atom. The second-order valence-corrected chi connectivity index (χ2v) is 8.31. The molecule has 0 unspecified atom stereocenters. The zero-order chi connectivity index (χ0) is 16.1. The van der Waals surface area contributed by atoms with E-state index < -0.39 is 0 Å². The van der Waals surface area contributed by atoms with Crippen LogP contribution in [0, 0.1) is 11.3 Å². The third-order valence-corrected chi connectivity index (χ3v) is 6.27. The van der Waals surface area contributed by atoms with Crippen molar-refractivity contribution in [3.8, 4) is 5.75 Å². The van der Waals surface area contributed by atoms with Gasteiger partial charge in [0.15, 0.2) is 0 Å². The van der Waals surface area contributed by atoms with E-state index in [0.29, 0.717) is 17.6 Å². The summed E-state index contributed by atoms with van der Waals surface area (Å²) in [5.74, 6) is 1.06. The van der Waals surface area contributed by atoms with Crippen molar-refractivity contribution in [2.45, 2.75) is 71.1 Å². The number of phenolic OH excluding ortho intramolecular Hbond substituents is 1. The zero-order valence-corrected chi connectivity index (χ0v) is 14.3. The lowest BCUT2D eigenvalue weighted by atomic mass is 9.50. The molecule has 2 atom stereocenters. The molecule has 0 spiro atoms. The molecule has 0 radical (unpaired) electrons. The Balaban J connectivity index is 2.18. The fourth-order valence-corrected chi connectivity index (χ4v) is 5.11. The summed E-state index contributed by atoms with van der Waals surface area (Å²) in [4.78, 5) is 12.2. The lowest BCUT2D eigenvalue weighted by molar-refractivity contribution is -0.119. The molecular formula is C20H28O2. The van der Waals surface area contributed by atoms with E-state index in [1.807, 2.05) is 6.07 Å². The number of hydrogen-bond acceptors (Lipinski definition) is 2. The van der Waals surface area contributed by atoms with Crippen molar-refractivity contribution in [3.63, 3.8) is 0 Å². The van der Waals surface area contributed by atoms with Crippen molar-refractivity contribution >= 4 is 6.29 Å². The van der Waals surface area contributed by atoms with Crippen LogP contribution < -0.4 is 0 Å². The van der Waals surface area contributed by atoms with Crippen LogP contribution in [0.5, 0.6) is 5.75 Å². The Kier molecular flexibility index (Phi) is 3.62. The van der Waals surface area contributed by atoms with Gasteiger partial charge in [-0.25, -0.2) is 0 Å². The number of aryl methyl sites for hydroxylation is 1. The molecule has 1 aromatic carbocycles. The van der Waals surface area contributed by atoms with E-state index >= 15 is 0 Å². The van der Waals surface area contributed by atoms with Crippen LogP contribution in [-0.4, -0.2) is 11.4 Å². The molecule has 0 bridgehead atoms. The highest BCUT2D eigenvalue weighted by molar-refractivity contribution is 5.73. The third-order valence-electron chi connectivity index (χ3n) is 6.27. The van der Waals surface area contributed by atoms with Crippen molar-refractivity contribution in [2.24, 2.45) is 11.3 Å². The number of aldehydes is 1. The fourth-order valence-electron chi connectivity index (χ4n) is 5.11. The number of benzene rings is 1. The highest BCUT2D eigenvalue weighted by Gasteiger charge is 2.52. The summed E-state index contributed by atoms with van der Waals surface area (Å²) in [7, 11) is 0. The van der Waals surface area contributed by atoms with Gasteiger partial charge in [-0.3, -0.25) is 0 Å². The Hall–Kier alpha value is -1.31. The van der Waals surface area contributed by atoms with E-state index in [1.54, 1.807) is 0 Å². The second kappa shape index (κ2) is 5.11. The third kappa shape index (κ3) is 2.11. The van der Waals surface area contributed by atoms with Gasteiger partial charge >= 0.3 is 0 Å². The number of aromatic hydroxyl groups is 1. The number of rotatable bonds is 2. The molecule has 1 fully saturated rings. The lowest BCUT2D eigenvalue weighted by Gasteiger charge is -2.53. The highest BCUT2D eigenvalue weighted by Crippen LogP contribution is 2.57. The normalized spacial score (nSPS) is 29.8. The van der Waals surface area contributed by atoms with Crippen molar-refractivity contribution in [3.05, 3.63) is 28.8 Å². The van der Waals surface area contributed by atoms with Gasteiger partial charge in [-0.2, -0.15) is 0 Å². The van der Waals surface area contributed by atoms with Gasteiger partial charge in [0.2, 0.25) is 0 Å². The predicted molar refractivity (Wildman–Crippen MR) is 89.4 cm³/mol. The van der Waals surface area contributed by atoms with Crippen LogP contribution in [-0.2, 0) is 16.6 Å². The number of carbonyl (C=O) groups is 1. The second-order valence-electron chi connectivity index (χ2n) is 8.31. The highest BCUT2D eigenvalue weighted by atomic mass is 16.3. The van der Waals surface area contributed by atoms with Gasteiger partial charge in [0.25, 0.3) is 0 Å². The van der Waals surface area contributed by atoms with Crippen LogP contribution >= 0.6 is 0 Å². The Morgan fingerprint density at radius 1 is 1.27 bits per heavy atom. The van der Waals surface area contributed by atoms with Gasteiger partial charge in [-0.05, 0) is 65.7 Å². The van der Waals surface area contributed by atoms with Crippen LogP contribution in [0.2, 0.25) is 0 Å². The maximum Gasteiger partial charge on any atom is 0.130 e. The molecule has 120 valence electrons. The molecule has 0 aromatic heterocycles. The zero-order valence-electron chi connectivity index (χ0n) is 14.3. The summed E-state index contributed by atoms with van der Waals surface area (Å²) in [6.07, 6.45) is 6.52. The monoisotopic (exact) mass is 300 g/mol. The van der Waals surface area contributed by atoms with Crippen LogP contribution in [0.1, 0.15) is 76.0 Å². The largest absolute Gasteiger partial charge is 0.508 e. The first kappa shape index (κ1) is 15.6. The minimum atomic E-state index is -0.387. The van der Waals surface area contributed by atoms with E-state index in [1.165, 1.54) is 18.3 Å². The van der Waals surface area contributed by atoms with Gasteiger partial charge in [0, 0.05) is 0 Å². The molecule has 1 aromatic rings. The first-order valence-electron chi connectivity index (χ1n) is 8.64. The van der Waals surface area contributed by atoms with Crippen LogP contribution in [0.15, 0.2) is 12.1 Å². The maximum absolute atomic E-state index is 12.2. The molecule has 0 heterocycles. The predicted octanol–water partition coefficient (Wildman–Crippen LogP) is 4.72. The molecule has 2 aliphatic carbocycles. The number of phenols is 1. The van der Waals surface area contributed by atoms with Gasteiger partial charge in [-0.15, -0.1) is 0 Å². The van der Waals surface area contributed by atoms with Gasteiger partial charge in [0.1, 0.15) is 12.0 Å². The van der Waals surface area contributed by atoms with Gasteiger partial charge < -0.3 is 9.90 Å². The molecule has 1 N–H and O–H groups in total. The fraction of sp³-hybridized carbons (Fsp3) is 0.650. The molecule has 1 saturated carbocycles. The van der Waals surface area contributed by atoms with E-state index in [-0.39, 0.29) is 10.8 Å². The molecule has 2 heteroatoms. The number of carbonyl (C=O) groups excluding carboxylic acids is 1. The van der Waals surface area contributed by atoms with Crippen molar-refractivity contribution < 1.29 is 9.90 Å². The van der Waals surface area contributed by atoms with Gasteiger partial charge in [0.05, 0.1) is 5.41 Å². The average molecular weight is 300 g/mol. The van der Waals surface area contributed by atoms with Crippen molar-refractivity contribution in [1.82, 2.24) is 0 Å². The first-order chi connectivity index (χ1) is 10.3. The first-order valence-corrected chi connectivity index (χ1v) is 8.64. The summed E-state index contributed by atoms with van der Waals surface area (Å²) >= 11 is 0. The molecule has 22 heavy (non-hydrogen) atoms. The average Bonchev–Trinajstić information content (AvgIpc) is 2.45. The summed E-state index contributed by atoms with van der Waals surface area (Å²) in [6.45, 7) is 8.82. The Labute approximate surface area is 133 Å². The van der Waals surface area contributed by atoms with E-state index in [4.69, 9.17) is 0 Å². The molecular weight excluding hydrogens is 272 g/mol. The molecule has 2 nitrogen and oxygen atoms in total. The minimum absolute atomic E-state index is 0.198. The van der Waals surface area contributed by atoms with Crippen molar-refractivity contribution in [2.75, 3.05) is 0 Å². The summed E-state index contributed by atoms with van der Waals surface area (Å²) in [5.41, 5.74) is 3.20. The smallest absolute Gasteiger partial charge is 0.130 e. The van der Waals surface area contributed by atoms with Crippen LogP contribution in [0.3, 0.4) is 0 Å². The lowest BCUT2D eigenvalue weighted by Crippen LogP contribution is -2.50. The Bertz CT molecular complexity index is 600. The summed E-state index contributed by atoms with van der Waals surface area (Å²) in [5, 5.41) is 10.5. The Morgan fingerprint density at radius 2 is 2.00 bits per heavy atom. The van der Waals surface area contributed by atoms with Crippen molar-refractivity contribution in [1.29, 1.82) is 0 Å². The topological polar surface area (TPSA) is 37.3 Å². The number of fused-ring (bicyclic) bond motifs is 3. The van der Waals surface area contributed by atoms with E-state index in [2.05, 4.69) is 33.8 Å². The molecule has 0 amide bonds. The van der Waals surface area contributed by atoms with Crippen LogP contribution in [0.4, 0.5) is 0 Å². The standard InChI is InChI=1S/C20H28O2/c1-13(2)15-10-14-6-7-18-19(3,4)8-5-9-20(18,12-21)16(14)11-17(15)22/h10-13,18,22H,5-9H2,1-4H3/t18-,20-/m0/s1. The summed E-state index contributed by atoms with van der Waals surface area (Å²) in [6, 6.07) is 4.06. The van der Waals surface area contributed by atoms with Gasteiger partial charge in [-0.1, -0.05) is 40.2 Å². The number of hydrogen-bond donors (Lipinski definition) is 1. The SMILES string of the molecule is CC(C)c1cc2c(cc1O)[C@@]1(C=O)CCCC(C)(C)[C@@H]1CC2. The molecule has 0 aliphatic heterocycles. The quantitative estimate of drug-likeness (QED) is 0.802. The maximum atomic E-state index is 12.2. The van der Waals surface area contributed by atoms with E-state index in [0.717, 1.165) is 36.8 Å². The molecule has 2 aliphatic rings. The van der Waals surface area contributed by atoms with E-state index in [9.17, 15) is 9.90 Å². The molecule has 0 saturated heterocycles. The summed E-state index contributed by atoms with van der Waals surface area (Å²) < 4.78 is 0. The molecule has 3 rings (SSSR count).